The fourth-order valence-electron chi connectivity index (χ4n) is 9.81. The van der Waals surface area contributed by atoms with E-state index in [0.29, 0.717) is 5.41 Å². The molecule has 0 nitrogen and oxygen atoms in total. The zero-order chi connectivity index (χ0) is 17.3. The highest BCUT2D eigenvalue weighted by Gasteiger charge is 2.85. The van der Waals surface area contributed by atoms with E-state index < -0.39 is 0 Å². The molecule has 0 heterocycles. The Labute approximate surface area is 156 Å². The van der Waals surface area contributed by atoms with Gasteiger partial charge in [0.15, 0.2) is 0 Å². The zero-order valence-corrected chi connectivity index (χ0v) is 16.9. The molecule has 0 aromatic rings. The van der Waals surface area contributed by atoms with E-state index in [0.717, 1.165) is 34.5 Å². The van der Waals surface area contributed by atoms with E-state index in [2.05, 4.69) is 20.4 Å². The molecule has 0 aromatic heterocycles. The van der Waals surface area contributed by atoms with Crippen LogP contribution in [0.1, 0.15) is 104 Å². The minimum Gasteiger partial charge on any atom is -0.0999 e. The van der Waals surface area contributed by atoms with Gasteiger partial charge in [-0.15, -0.1) is 0 Å². The van der Waals surface area contributed by atoms with E-state index in [1.165, 1.54) is 31.3 Å². The van der Waals surface area contributed by atoms with Gasteiger partial charge < -0.3 is 0 Å². The summed E-state index contributed by atoms with van der Waals surface area (Å²) in [7, 11) is 0. The fraction of sp³-hybridized carbons (Fsp3) is 0.920. The van der Waals surface area contributed by atoms with E-state index in [4.69, 9.17) is 0 Å². The number of hydrogen-bond acceptors (Lipinski definition) is 0. The predicted molar refractivity (Wildman–Crippen MR) is 106 cm³/mol. The van der Waals surface area contributed by atoms with Crippen LogP contribution >= 0.6 is 0 Å². The van der Waals surface area contributed by atoms with Crippen LogP contribution in [0.3, 0.4) is 0 Å². The molecule has 5 aliphatic rings. The van der Waals surface area contributed by atoms with Crippen LogP contribution in [0, 0.1) is 39.9 Å². The summed E-state index contributed by atoms with van der Waals surface area (Å²) < 4.78 is 0. The Bertz CT molecular complexity index is 560. The monoisotopic (exact) mass is 340 g/mol. The summed E-state index contributed by atoms with van der Waals surface area (Å²) in [5, 5.41) is 0. The summed E-state index contributed by atoms with van der Waals surface area (Å²) in [4.78, 5) is 0. The molecule has 5 aliphatic carbocycles. The molecule has 5 saturated carbocycles. The second-order valence-electron chi connectivity index (χ2n) is 11.0. The molecule has 0 radical (unpaired) electrons. The van der Waals surface area contributed by atoms with Crippen molar-refractivity contribution in [3.63, 3.8) is 0 Å². The predicted octanol–water partition coefficient (Wildman–Crippen LogP) is 7.54. The average Bonchev–Trinajstić information content (AvgIpc) is 2.89. The Kier molecular flexibility index (Phi) is 3.79. The van der Waals surface area contributed by atoms with Gasteiger partial charge in [0.05, 0.1) is 0 Å². The van der Waals surface area contributed by atoms with Crippen LogP contribution < -0.4 is 0 Å². The maximum Gasteiger partial charge on any atom is -0.0168 e. The minimum atomic E-state index is 0.694. The first kappa shape index (κ1) is 16.9. The molecule has 0 amide bonds. The van der Waals surface area contributed by atoms with Gasteiger partial charge in [0.25, 0.3) is 0 Å². The van der Waals surface area contributed by atoms with Crippen molar-refractivity contribution in [3.8, 4) is 0 Å². The van der Waals surface area contributed by atoms with Crippen LogP contribution in [-0.2, 0) is 0 Å². The van der Waals surface area contributed by atoms with Crippen molar-refractivity contribution >= 4 is 0 Å². The Hall–Kier alpha value is -0.260. The second-order valence-corrected chi connectivity index (χ2v) is 11.0. The van der Waals surface area contributed by atoms with E-state index >= 15 is 0 Å². The third-order valence-corrected chi connectivity index (χ3v) is 10.8. The van der Waals surface area contributed by atoms with Crippen molar-refractivity contribution < 1.29 is 0 Å². The molecule has 7 atom stereocenters. The first-order valence-electron chi connectivity index (χ1n) is 11.8. The minimum absolute atomic E-state index is 0.694. The number of rotatable bonds is 5. The topological polar surface area (TPSA) is 0 Å². The summed E-state index contributed by atoms with van der Waals surface area (Å²) >= 11 is 0. The van der Waals surface area contributed by atoms with Crippen molar-refractivity contribution in [2.75, 3.05) is 0 Å². The lowest BCUT2D eigenvalue weighted by molar-refractivity contribution is 0.0306. The van der Waals surface area contributed by atoms with E-state index in [9.17, 15) is 0 Å². The molecule has 7 unspecified atom stereocenters. The van der Waals surface area contributed by atoms with Gasteiger partial charge in [-0.3, -0.25) is 0 Å². The van der Waals surface area contributed by atoms with Crippen molar-refractivity contribution in [1.29, 1.82) is 0 Å². The van der Waals surface area contributed by atoms with Crippen LogP contribution in [0.5, 0.6) is 0 Å². The van der Waals surface area contributed by atoms with Crippen molar-refractivity contribution in [2.24, 2.45) is 39.9 Å². The van der Waals surface area contributed by atoms with E-state index in [1.54, 1.807) is 64.2 Å². The Morgan fingerprint density at radius 2 is 1.80 bits per heavy atom. The lowest BCUT2D eigenvalue weighted by atomic mass is 9.59. The third-order valence-electron chi connectivity index (χ3n) is 10.8. The molecular weight excluding hydrogens is 300 g/mol. The smallest absolute Gasteiger partial charge is 0.0168 e. The molecule has 0 saturated heterocycles. The molecule has 0 aromatic carbocycles. The molecule has 25 heavy (non-hydrogen) atoms. The fourth-order valence-corrected chi connectivity index (χ4v) is 9.81. The zero-order valence-electron chi connectivity index (χ0n) is 16.9. The van der Waals surface area contributed by atoms with Crippen molar-refractivity contribution in [3.05, 3.63) is 12.2 Å². The Morgan fingerprint density at radius 3 is 2.64 bits per heavy atom. The highest BCUT2D eigenvalue weighted by Crippen LogP contribution is 2.91. The lowest BCUT2D eigenvalue weighted by Crippen LogP contribution is -2.38. The normalized spacial score (nSPS) is 52.9. The Morgan fingerprint density at radius 1 is 0.920 bits per heavy atom. The summed E-state index contributed by atoms with van der Waals surface area (Å²) in [6.45, 7) is 9.26. The summed E-state index contributed by atoms with van der Waals surface area (Å²) in [6.07, 6.45) is 21.2. The van der Waals surface area contributed by atoms with Gasteiger partial charge in [-0.05, 0) is 117 Å². The molecule has 0 N–H and O–H groups in total. The second kappa shape index (κ2) is 5.62. The van der Waals surface area contributed by atoms with Gasteiger partial charge in [-0.1, -0.05) is 38.8 Å². The molecule has 2 spiro atoms. The molecule has 140 valence electrons. The van der Waals surface area contributed by atoms with Crippen LogP contribution in [0.2, 0.25) is 0 Å². The molecular formula is C25H40. The van der Waals surface area contributed by atoms with Gasteiger partial charge in [0.2, 0.25) is 0 Å². The molecule has 5 fully saturated rings. The first-order chi connectivity index (χ1) is 12.1. The van der Waals surface area contributed by atoms with Gasteiger partial charge in [-0.2, -0.15) is 0 Å². The van der Waals surface area contributed by atoms with Gasteiger partial charge >= 0.3 is 0 Å². The van der Waals surface area contributed by atoms with Crippen LogP contribution in [0.25, 0.3) is 0 Å². The van der Waals surface area contributed by atoms with Gasteiger partial charge in [0, 0.05) is 0 Å². The first-order valence-corrected chi connectivity index (χ1v) is 11.8. The number of allylic oxidation sites excluding steroid dienone is 1. The van der Waals surface area contributed by atoms with E-state index in [1.807, 2.05) is 0 Å². The Balaban J connectivity index is 1.35. The quantitative estimate of drug-likeness (QED) is 0.453. The van der Waals surface area contributed by atoms with Crippen molar-refractivity contribution in [2.45, 2.75) is 104 Å². The highest BCUT2D eigenvalue weighted by atomic mass is 14.9. The summed E-state index contributed by atoms with van der Waals surface area (Å²) in [6, 6.07) is 0. The average molecular weight is 341 g/mol. The van der Waals surface area contributed by atoms with Gasteiger partial charge in [-0.25, -0.2) is 0 Å². The molecule has 0 bridgehead atoms. The number of hydrogen-bond donors (Lipinski definition) is 0. The van der Waals surface area contributed by atoms with Crippen LogP contribution in [0.15, 0.2) is 12.2 Å². The maximum absolute atomic E-state index is 4.24. The summed E-state index contributed by atoms with van der Waals surface area (Å²) in [5.74, 6) is 4.43. The SMILES string of the molecule is C=C(CC)CCCC1CCC2C1(C)CCC1C34CCCCC3CCC214. The molecule has 0 aliphatic heterocycles. The number of fused-ring (bicyclic) bond motifs is 1. The standard InChI is InChI=1S/C25H40/c1-4-18(2)8-7-10-19-11-12-21-23(19,3)16-14-22-24-15-6-5-9-20(24)13-17-25(21,22)24/h19-22H,2,4-17H2,1,3H3. The van der Waals surface area contributed by atoms with Crippen molar-refractivity contribution in [1.82, 2.24) is 0 Å². The maximum atomic E-state index is 4.24. The largest absolute Gasteiger partial charge is 0.0999 e. The van der Waals surface area contributed by atoms with E-state index in [-0.39, 0.29) is 0 Å². The highest BCUT2D eigenvalue weighted by molar-refractivity contribution is 5.33. The lowest BCUT2D eigenvalue weighted by Gasteiger charge is -2.45. The summed E-state index contributed by atoms with van der Waals surface area (Å²) in [5.41, 5.74) is 3.87. The van der Waals surface area contributed by atoms with Crippen LogP contribution in [0.4, 0.5) is 0 Å². The van der Waals surface area contributed by atoms with Gasteiger partial charge in [0.1, 0.15) is 0 Å². The molecule has 0 heteroatoms. The van der Waals surface area contributed by atoms with Crippen LogP contribution in [-0.4, -0.2) is 0 Å². The third kappa shape index (κ3) is 1.96. The molecule has 5 rings (SSSR count).